The molecule has 0 spiro atoms. The van der Waals surface area contributed by atoms with Gasteiger partial charge >= 0.3 is 11.9 Å². The van der Waals surface area contributed by atoms with Gasteiger partial charge in [0.15, 0.2) is 0 Å². The Balaban J connectivity index is 2.15. The number of esters is 2. The fourth-order valence-electron chi connectivity index (χ4n) is 2.74. The highest BCUT2D eigenvalue weighted by molar-refractivity contribution is 5.99. The molecular formula is C19H17NO5. The molecule has 1 aromatic heterocycles. The van der Waals surface area contributed by atoms with Crippen LogP contribution in [0, 0.1) is 0 Å². The molecule has 0 unspecified atom stereocenters. The van der Waals surface area contributed by atoms with Crippen LogP contribution in [-0.4, -0.2) is 26.2 Å². The molecule has 1 aliphatic heterocycles. The van der Waals surface area contributed by atoms with Gasteiger partial charge in [0, 0.05) is 18.1 Å². The van der Waals surface area contributed by atoms with Crippen LogP contribution < -0.4 is 4.90 Å². The summed E-state index contributed by atoms with van der Waals surface area (Å²) < 4.78 is 15.3. The third-order valence-corrected chi connectivity index (χ3v) is 3.90. The number of methoxy groups -OCH3 is 2. The maximum atomic E-state index is 12.4. The van der Waals surface area contributed by atoms with Crippen molar-refractivity contribution in [2.24, 2.45) is 0 Å². The van der Waals surface area contributed by atoms with Crippen molar-refractivity contribution in [3.8, 4) is 0 Å². The molecule has 0 aliphatic carbocycles. The fraction of sp³-hybridized carbons (Fsp3) is 0.158. The first-order chi connectivity index (χ1) is 12.2. The second-order valence-corrected chi connectivity index (χ2v) is 5.34. The third kappa shape index (κ3) is 3.19. The normalized spacial score (nSPS) is 14.6. The Hall–Kier alpha value is -3.28. The van der Waals surface area contributed by atoms with E-state index in [1.54, 1.807) is 29.4 Å². The zero-order valence-electron chi connectivity index (χ0n) is 13.8. The number of anilines is 1. The highest BCUT2D eigenvalue weighted by Gasteiger charge is 2.37. The number of hydrogen-bond donors (Lipinski definition) is 0. The van der Waals surface area contributed by atoms with Crippen LogP contribution in [-0.2, 0) is 19.1 Å². The van der Waals surface area contributed by atoms with Crippen molar-refractivity contribution >= 4 is 17.6 Å². The van der Waals surface area contributed by atoms with Crippen molar-refractivity contribution in [1.29, 1.82) is 0 Å². The van der Waals surface area contributed by atoms with E-state index >= 15 is 0 Å². The Labute approximate surface area is 144 Å². The molecule has 6 heteroatoms. The summed E-state index contributed by atoms with van der Waals surface area (Å²) in [5, 5.41) is 0. The van der Waals surface area contributed by atoms with Gasteiger partial charge in [-0.25, -0.2) is 9.59 Å². The number of ether oxygens (including phenoxy) is 2. The zero-order valence-corrected chi connectivity index (χ0v) is 13.8. The molecule has 0 amide bonds. The van der Waals surface area contributed by atoms with Gasteiger partial charge in [-0.1, -0.05) is 18.2 Å². The van der Waals surface area contributed by atoms with Gasteiger partial charge in [-0.2, -0.15) is 0 Å². The monoisotopic (exact) mass is 339 g/mol. The SMILES string of the molecule is COC(=O)C1=CN(c2ccccc2)C=C(C(=O)OC)C1c1ccco1. The molecule has 0 bridgehead atoms. The number of para-hydroxylation sites is 1. The summed E-state index contributed by atoms with van der Waals surface area (Å²) in [6.45, 7) is 0. The predicted octanol–water partition coefficient (Wildman–Crippen LogP) is 3.00. The van der Waals surface area contributed by atoms with Crippen LogP contribution in [0.5, 0.6) is 0 Å². The highest BCUT2D eigenvalue weighted by atomic mass is 16.5. The Kier molecular flexibility index (Phi) is 4.70. The second kappa shape index (κ2) is 7.09. The van der Waals surface area contributed by atoms with Crippen molar-refractivity contribution in [1.82, 2.24) is 0 Å². The van der Waals surface area contributed by atoms with Gasteiger partial charge in [0.2, 0.25) is 0 Å². The summed E-state index contributed by atoms with van der Waals surface area (Å²) in [6.07, 6.45) is 4.77. The molecule has 2 heterocycles. The molecular weight excluding hydrogens is 322 g/mol. The van der Waals surface area contributed by atoms with Gasteiger partial charge in [0.05, 0.1) is 37.5 Å². The molecule has 0 fully saturated rings. The molecule has 2 aromatic rings. The number of furan rings is 1. The number of carbonyl (C=O) groups is 2. The van der Waals surface area contributed by atoms with Crippen LogP contribution in [0.15, 0.2) is 76.7 Å². The van der Waals surface area contributed by atoms with Crippen LogP contribution in [0.25, 0.3) is 0 Å². The molecule has 128 valence electrons. The van der Waals surface area contributed by atoms with Crippen LogP contribution >= 0.6 is 0 Å². The molecule has 1 aromatic carbocycles. The van der Waals surface area contributed by atoms with Crippen molar-refractivity contribution in [3.05, 3.63) is 78.0 Å². The first-order valence-corrected chi connectivity index (χ1v) is 7.62. The first kappa shape index (κ1) is 16.6. The average molecular weight is 339 g/mol. The quantitative estimate of drug-likeness (QED) is 0.798. The largest absolute Gasteiger partial charge is 0.468 e. The van der Waals surface area contributed by atoms with Crippen molar-refractivity contribution in [2.45, 2.75) is 5.92 Å². The van der Waals surface area contributed by atoms with E-state index in [0.717, 1.165) is 5.69 Å². The summed E-state index contributed by atoms with van der Waals surface area (Å²) >= 11 is 0. The van der Waals surface area contributed by atoms with E-state index in [0.29, 0.717) is 5.76 Å². The minimum atomic E-state index is -0.699. The predicted molar refractivity (Wildman–Crippen MR) is 90.6 cm³/mol. The van der Waals surface area contributed by atoms with Crippen LogP contribution in [0.1, 0.15) is 11.7 Å². The van der Waals surface area contributed by atoms with E-state index in [1.165, 1.54) is 20.5 Å². The van der Waals surface area contributed by atoms with Gasteiger partial charge in [0.1, 0.15) is 5.76 Å². The lowest BCUT2D eigenvalue weighted by atomic mass is 9.87. The van der Waals surface area contributed by atoms with Crippen molar-refractivity contribution < 1.29 is 23.5 Å². The average Bonchev–Trinajstić information content (AvgIpc) is 3.20. The van der Waals surface area contributed by atoms with Crippen molar-refractivity contribution in [3.63, 3.8) is 0 Å². The summed E-state index contributed by atoms with van der Waals surface area (Å²) in [7, 11) is 2.59. The van der Waals surface area contributed by atoms with E-state index in [2.05, 4.69) is 0 Å². The van der Waals surface area contributed by atoms with Crippen molar-refractivity contribution in [2.75, 3.05) is 19.1 Å². The Morgan fingerprint density at radius 2 is 1.52 bits per heavy atom. The molecule has 0 radical (unpaired) electrons. The smallest absolute Gasteiger partial charge is 0.336 e. The number of nitrogens with zero attached hydrogens (tertiary/aromatic N) is 1. The number of rotatable bonds is 4. The van der Waals surface area contributed by atoms with Gasteiger partial charge in [-0.15, -0.1) is 0 Å². The number of carbonyl (C=O) groups excluding carboxylic acids is 2. The van der Waals surface area contributed by atoms with Crippen LogP contribution in [0.4, 0.5) is 5.69 Å². The molecule has 0 atom stereocenters. The minimum absolute atomic E-state index is 0.282. The summed E-state index contributed by atoms with van der Waals surface area (Å²) in [5.74, 6) is -1.33. The van der Waals surface area contributed by atoms with Crippen LogP contribution in [0.3, 0.4) is 0 Å². The molecule has 1 aliphatic rings. The highest BCUT2D eigenvalue weighted by Crippen LogP contribution is 2.38. The standard InChI is InChI=1S/C19H17NO5/c1-23-18(21)14-11-20(13-7-4-3-5-8-13)12-15(19(22)24-2)17(14)16-9-6-10-25-16/h3-12,17H,1-2H3. The second-order valence-electron chi connectivity index (χ2n) is 5.34. The van der Waals surface area contributed by atoms with E-state index in [9.17, 15) is 9.59 Å². The summed E-state index contributed by atoms with van der Waals surface area (Å²) in [6, 6.07) is 12.7. The summed E-state index contributed by atoms with van der Waals surface area (Å²) in [5.41, 5.74) is 1.36. The lowest BCUT2D eigenvalue weighted by Crippen LogP contribution is -2.28. The molecule has 6 nitrogen and oxygen atoms in total. The van der Waals surface area contributed by atoms with Crippen LogP contribution in [0.2, 0.25) is 0 Å². The minimum Gasteiger partial charge on any atom is -0.468 e. The van der Waals surface area contributed by atoms with E-state index in [1.807, 2.05) is 30.3 Å². The lowest BCUT2D eigenvalue weighted by molar-refractivity contribution is -0.137. The summed E-state index contributed by atoms with van der Waals surface area (Å²) in [4.78, 5) is 26.4. The topological polar surface area (TPSA) is 69.0 Å². The molecule has 3 rings (SSSR count). The maximum absolute atomic E-state index is 12.4. The maximum Gasteiger partial charge on any atom is 0.336 e. The molecule has 0 N–H and O–H groups in total. The fourth-order valence-corrected chi connectivity index (χ4v) is 2.74. The molecule has 0 saturated carbocycles. The lowest BCUT2D eigenvalue weighted by Gasteiger charge is -2.28. The zero-order chi connectivity index (χ0) is 17.8. The Morgan fingerprint density at radius 3 is 2.00 bits per heavy atom. The number of hydrogen-bond acceptors (Lipinski definition) is 6. The van der Waals surface area contributed by atoms with E-state index in [4.69, 9.17) is 13.9 Å². The molecule has 0 saturated heterocycles. The van der Waals surface area contributed by atoms with E-state index < -0.39 is 17.9 Å². The van der Waals surface area contributed by atoms with Gasteiger partial charge in [0.25, 0.3) is 0 Å². The number of benzene rings is 1. The van der Waals surface area contributed by atoms with Gasteiger partial charge in [-0.05, 0) is 24.3 Å². The first-order valence-electron chi connectivity index (χ1n) is 7.62. The van der Waals surface area contributed by atoms with Gasteiger partial charge in [-0.3, -0.25) is 0 Å². The third-order valence-electron chi connectivity index (χ3n) is 3.90. The van der Waals surface area contributed by atoms with Gasteiger partial charge < -0.3 is 18.8 Å². The van der Waals surface area contributed by atoms with E-state index in [-0.39, 0.29) is 11.1 Å². The molecule has 25 heavy (non-hydrogen) atoms. The Bertz CT molecular complexity index is 787. The Morgan fingerprint density at radius 1 is 0.920 bits per heavy atom.